The van der Waals surface area contributed by atoms with Crippen molar-refractivity contribution in [2.45, 2.75) is 44.6 Å². The van der Waals surface area contributed by atoms with E-state index in [1.54, 1.807) is 0 Å². The first-order valence-electron chi connectivity index (χ1n) is 5.76. The van der Waals surface area contributed by atoms with Crippen LogP contribution in [0.15, 0.2) is 0 Å². The highest BCUT2D eigenvalue weighted by atomic mass is 16.5. The van der Waals surface area contributed by atoms with Crippen LogP contribution < -0.4 is 5.32 Å². The number of hydrogen-bond acceptors (Lipinski definition) is 2. The molecule has 0 aromatic rings. The third kappa shape index (κ3) is 2.96. The molecule has 1 heterocycles. The van der Waals surface area contributed by atoms with Gasteiger partial charge in [0.25, 0.3) is 0 Å². The van der Waals surface area contributed by atoms with Crippen molar-refractivity contribution in [1.29, 1.82) is 0 Å². The summed E-state index contributed by atoms with van der Waals surface area (Å²) in [6, 6.07) is 0.814. The van der Waals surface area contributed by atoms with Crippen molar-refractivity contribution in [2.75, 3.05) is 19.8 Å². The Morgan fingerprint density at radius 1 is 1.08 bits per heavy atom. The Labute approximate surface area is 81.0 Å². The van der Waals surface area contributed by atoms with Gasteiger partial charge in [0.1, 0.15) is 0 Å². The second-order valence-electron chi connectivity index (χ2n) is 4.47. The lowest BCUT2D eigenvalue weighted by Gasteiger charge is -2.24. The largest absolute Gasteiger partial charge is 0.381 e. The fraction of sp³-hybridized carbons (Fsp3) is 1.00. The molecule has 0 amide bonds. The number of rotatable bonds is 3. The monoisotopic (exact) mass is 183 g/mol. The third-order valence-corrected chi connectivity index (χ3v) is 3.32. The molecule has 1 N–H and O–H groups in total. The molecule has 2 heteroatoms. The van der Waals surface area contributed by atoms with Crippen LogP contribution >= 0.6 is 0 Å². The maximum Gasteiger partial charge on any atom is 0.0507 e. The molecule has 0 radical (unpaired) electrons. The molecule has 1 aliphatic heterocycles. The zero-order valence-electron chi connectivity index (χ0n) is 8.43. The van der Waals surface area contributed by atoms with E-state index in [-0.39, 0.29) is 0 Å². The Morgan fingerprint density at radius 2 is 1.92 bits per heavy atom. The first-order valence-corrected chi connectivity index (χ1v) is 5.76. The molecule has 1 aliphatic carbocycles. The third-order valence-electron chi connectivity index (χ3n) is 3.32. The molecule has 13 heavy (non-hydrogen) atoms. The van der Waals surface area contributed by atoms with Crippen LogP contribution in [-0.2, 0) is 4.74 Å². The molecule has 1 atom stereocenters. The van der Waals surface area contributed by atoms with Gasteiger partial charge in [0.2, 0.25) is 0 Å². The summed E-state index contributed by atoms with van der Waals surface area (Å²) in [5.74, 6) is 0.793. The highest BCUT2D eigenvalue weighted by molar-refractivity contribution is 4.75. The van der Waals surface area contributed by atoms with Crippen LogP contribution in [0, 0.1) is 5.92 Å². The summed E-state index contributed by atoms with van der Waals surface area (Å²) in [5, 5.41) is 3.68. The lowest BCUT2D eigenvalue weighted by molar-refractivity contribution is 0.184. The van der Waals surface area contributed by atoms with Gasteiger partial charge in [-0.2, -0.15) is 0 Å². The topological polar surface area (TPSA) is 21.3 Å². The molecule has 0 aromatic carbocycles. The van der Waals surface area contributed by atoms with Crippen LogP contribution in [0.3, 0.4) is 0 Å². The maximum atomic E-state index is 5.36. The van der Waals surface area contributed by atoms with Crippen molar-refractivity contribution < 1.29 is 4.74 Å². The SMILES string of the molecule is C1CCC(NCC2CCOC2)CC1. The molecule has 1 unspecified atom stereocenters. The maximum absolute atomic E-state index is 5.36. The van der Waals surface area contributed by atoms with Crippen molar-refractivity contribution in [3.8, 4) is 0 Å². The van der Waals surface area contributed by atoms with Gasteiger partial charge in [0.15, 0.2) is 0 Å². The average Bonchev–Trinajstić information content (AvgIpc) is 2.69. The summed E-state index contributed by atoms with van der Waals surface area (Å²) < 4.78 is 5.36. The van der Waals surface area contributed by atoms with Gasteiger partial charge < -0.3 is 10.1 Å². The molecule has 0 bridgehead atoms. The number of nitrogens with one attached hydrogen (secondary N) is 1. The minimum atomic E-state index is 0.793. The van der Waals surface area contributed by atoms with Gasteiger partial charge in [-0.3, -0.25) is 0 Å². The number of hydrogen-bond donors (Lipinski definition) is 1. The predicted molar refractivity (Wildman–Crippen MR) is 53.8 cm³/mol. The van der Waals surface area contributed by atoms with Gasteiger partial charge in [-0.1, -0.05) is 19.3 Å². The summed E-state index contributed by atoms with van der Waals surface area (Å²) in [6.45, 7) is 3.15. The summed E-state index contributed by atoms with van der Waals surface area (Å²) in [4.78, 5) is 0. The van der Waals surface area contributed by atoms with E-state index in [9.17, 15) is 0 Å². The van der Waals surface area contributed by atoms with Gasteiger partial charge in [-0.25, -0.2) is 0 Å². The zero-order valence-corrected chi connectivity index (χ0v) is 8.43. The minimum Gasteiger partial charge on any atom is -0.381 e. The molecule has 1 saturated carbocycles. The molecule has 1 saturated heterocycles. The van der Waals surface area contributed by atoms with Crippen LogP contribution in [0.25, 0.3) is 0 Å². The second-order valence-corrected chi connectivity index (χ2v) is 4.47. The second kappa shape index (κ2) is 4.97. The van der Waals surface area contributed by atoms with E-state index < -0.39 is 0 Å². The van der Waals surface area contributed by atoms with Crippen LogP contribution in [-0.4, -0.2) is 25.8 Å². The van der Waals surface area contributed by atoms with E-state index >= 15 is 0 Å². The summed E-state index contributed by atoms with van der Waals surface area (Å²) in [7, 11) is 0. The Hall–Kier alpha value is -0.0800. The fourth-order valence-electron chi connectivity index (χ4n) is 2.38. The molecule has 0 spiro atoms. The van der Waals surface area contributed by atoms with Crippen LogP contribution in [0.2, 0.25) is 0 Å². The first-order chi connectivity index (χ1) is 6.45. The van der Waals surface area contributed by atoms with Gasteiger partial charge in [0, 0.05) is 19.2 Å². The van der Waals surface area contributed by atoms with Gasteiger partial charge in [-0.15, -0.1) is 0 Å². The summed E-state index contributed by atoms with van der Waals surface area (Å²) in [6.07, 6.45) is 8.36. The number of ether oxygens (including phenoxy) is 1. The molecule has 2 rings (SSSR count). The molecule has 76 valence electrons. The lowest BCUT2D eigenvalue weighted by atomic mass is 9.95. The van der Waals surface area contributed by atoms with Crippen LogP contribution in [0.1, 0.15) is 38.5 Å². The van der Waals surface area contributed by atoms with Gasteiger partial charge >= 0.3 is 0 Å². The van der Waals surface area contributed by atoms with Crippen LogP contribution in [0.4, 0.5) is 0 Å². The molecule has 0 aromatic heterocycles. The van der Waals surface area contributed by atoms with Crippen molar-refractivity contribution >= 4 is 0 Å². The van der Waals surface area contributed by atoms with E-state index in [2.05, 4.69) is 5.32 Å². The Balaban J connectivity index is 1.60. The van der Waals surface area contributed by atoms with Crippen molar-refractivity contribution in [2.24, 2.45) is 5.92 Å². The summed E-state index contributed by atoms with van der Waals surface area (Å²) in [5.41, 5.74) is 0. The van der Waals surface area contributed by atoms with Crippen molar-refractivity contribution in [3.05, 3.63) is 0 Å². The standard InChI is InChI=1S/C11H21NO/c1-2-4-11(5-3-1)12-8-10-6-7-13-9-10/h10-12H,1-9H2. The van der Waals surface area contributed by atoms with Gasteiger partial charge in [-0.05, 0) is 25.2 Å². The van der Waals surface area contributed by atoms with Crippen molar-refractivity contribution in [3.63, 3.8) is 0 Å². The smallest absolute Gasteiger partial charge is 0.0507 e. The summed E-state index contributed by atoms with van der Waals surface area (Å²) >= 11 is 0. The van der Waals surface area contributed by atoms with E-state index in [0.29, 0.717) is 0 Å². The van der Waals surface area contributed by atoms with E-state index in [1.807, 2.05) is 0 Å². The molecular formula is C11H21NO. The van der Waals surface area contributed by atoms with E-state index in [1.165, 1.54) is 45.1 Å². The lowest BCUT2D eigenvalue weighted by Crippen LogP contribution is -2.34. The first kappa shape index (κ1) is 9.47. The minimum absolute atomic E-state index is 0.793. The van der Waals surface area contributed by atoms with Gasteiger partial charge in [0.05, 0.1) is 6.61 Å². The Morgan fingerprint density at radius 3 is 2.62 bits per heavy atom. The van der Waals surface area contributed by atoms with E-state index in [4.69, 9.17) is 4.74 Å². The average molecular weight is 183 g/mol. The quantitative estimate of drug-likeness (QED) is 0.722. The highest BCUT2D eigenvalue weighted by Crippen LogP contribution is 2.18. The Kier molecular flexibility index (Phi) is 3.62. The van der Waals surface area contributed by atoms with Crippen molar-refractivity contribution in [1.82, 2.24) is 5.32 Å². The molecule has 2 fully saturated rings. The molecular weight excluding hydrogens is 162 g/mol. The molecule has 2 aliphatic rings. The predicted octanol–water partition coefficient (Wildman–Crippen LogP) is 1.95. The Bertz CT molecular complexity index is 137. The fourth-order valence-corrected chi connectivity index (χ4v) is 2.38. The zero-order chi connectivity index (χ0) is 8.93. The molecule has 2 nitrogen and oxygen atoms in total. The van der Waals surface area contributed by atoms with E-state index in [0.717, 1.165) is 25.2 Å². The normalized spacial score (nSPS) is 30.9. The highest BCUT2D eigenvalue weighted by Gasteiger charge is 2.18. The van der Waals surface area contributed by atoms with Crippen LogP contribution in [0.5, 0.6) is 0 Å².